The van der Waals surface area contributed by atoms with Crippen molar-refractivity contribution >= 4 is 15.7 Å². The minimum atomic E-state index is -2.01. The van der Waals surface area contributed by atoms with Crippen LogP contribution in [-0.4, -0.2) is 20.3 Å². The van der Waals surface area contributed by atoms with Gasteiger partial charge in [-0.3, -0.25) is 5.73 Å². The molecule has 0 unspecified atom stereocenters. The molecule has 53 valence electrons. The van der Waals surface area contributed by atoms with Gasteiger partial charge < -0.3 is 0 Å². The molecule has 0 aromatic heterocycles. The lowest BCUT2D eigenvalue weighted by Gasteiger charge is -1.86. The molecule has 0 aliphatic heterocycles. The Morgan fingerprint density at radius 3 is 2.44 bits per heavy atom. The zero-order valence-electron chi connectivity index (χ0n) is 5.13. The van der Waals surface area contributed by atoms with E-state index >= 15 is 0 Å². The highest BCUT2D eigenvalue weighted by Gasteiger charge is 1.81. The van der Waals surface area contributed by atoms with Crippen LogP contribution in [0.15, 0.2) is 0 Å². The van der Waals surface area contributed by atoms with Crippen molar-refractivity contribution in [3.05, 3.63) is 0 Å². The molecule has 0 aliphatic carbocycles. The fourth-order valence-electron chi connectivity index (χ4n) is 0.449. The van der Waals surface area contributed by atoms with E-state index in [4.69, 9.17) is 5.73 Å². The first-order valence-electron chi connectivity index (χ1n) is 2.83. The summed E-state index contributed by atoms with van der Waals surface area (Å²) >= 11 is 0. The fraction of sp³-hybridized carbons (Fsp3) is 0.800. The van der Waals surface area contributed by atoms with Gasteiger partial charge in [0.1, 0.15) is 0 Å². The van der Waals surface area contributed by atoms with Gasteiger partial charge in [-0.2, -0.15) is 8.42 Å². The van der Waals surface area contributed by atoms with Gasteiger partial charge in [-0.05, 0) is 19.3 Å². The topological polar surface area (TPSA) is 57.9 Å². The van der Waals surface area contributed by atoms with Crippen LogP contribution in [-0.2, 0) is 10.3 Å². The zero-order chi connectivity index (χ0) is 7.11. The predicted molar refractivity (Wildman–Crippen MR) is 36.8 cm³/mol. The molecule has 9 heavy (non-hydrogen) atoms. The number of hydrogen-bond donors (Lipinski definition) is 0. The first-order valence-corrected chi connectivity index (χ1v) is 3.97. The molecule has 3 nitrogen and oxygen atoms in total. The number of rotatable bonds is 4. The minimum Gasteiger partial charge on any atom is -0.258 e. The Kier molecular flexibility index (Phi) is 5.56. The highest BCUT2D eigenvalue weighted by Crippen LogP contribution is 1.88. The molecule has 0 atom stereocenters. The standard InChI is InChI=1S/C5H10NO2S/c6-4-2-1-3-5-9(7)8/h5-6H,1-4H2. The van der Waals surface area contributed by atoms with Crippen LogP contribution < -0.4 is 5.73 Å². The van der Waals surface area contributed by atoms with Crippen LogP contribution in [0.5, 0.6) is 0 Å². The van der Waals surface area contributed by atoms with Gasteiger partial charge in [0.05, 0.1) is 0 Å². The van der Waals surface area contributed by atoms with E-state index in [-0.39, 0.29) is 0 Å². The average molecular weight is 148 g/mol. The van der Waals surface area contributed by atoms with Crippen LogP contribution in [0.3, 0.4) is 0 Å². The summed E-state index contributed by atoms with van der Waals surface area (Å²) in [6.07, 6.45) is 2.17. The molecule has 0 aliphatic rings. The molecule has 0 aromatic rings. The summed E-state index contributed by atoms with van der Waals surface area (Å²) < 4.78 is 19.7. The maximum absolute atomic E-state index is 9.86. The molecular weight excluding hydrogens is 138 g/mol. The quantitative estimate of drug-likeness (QED) is 0.420. The Labute approximate surface area is 56.4 Å². The van der Waals surface area contributed by atoms with Gasteiger partial charge in [0.15, 0.2) is 0 Å². The van der Waals surface area contributed by atoms with E-state index in [0.29, 0.717) is 13.0 Å². The van der Waals surface area contributed by atoms with Crippen molar-refractivity contribution in [3.63, 3.8) is 0 Å². The van der Waals surface area contributed by atoms with Crippen molar-refractivity contribution in [2.75, 3.05) is 6.54 Å². The second-order valence-electron chi connectivity index (χ2n) is 1.67. The van der Waals surface area contributed by atoms with E-state index in [1.165, 1.54) is 5.37 Å². The summed E-state index contributed by atoms with van der Waals surface area (Å²) in [4.78, 5) is 0. The summed E-state index contributed by atoms with van der Waals surface area (Å²) in [5, 5.41) is 1.23. The van der Waals surface area contributed by atoms with Crippen molar-refractivity contribution < 1.29 is 8.42 Å². The number of nitrogens with one attached hydrogen (secondary N) is 1. The first-order chi connectivity index (χ1) is 4.27. The SMILES string of the molecule is [NH]CCCCC=S(=O)=O. The first kappa shape index (κ1) is 8.65. The van der Waals surface area contributed by atoms with Crippen molar-refractivity contribution in [1.82, 2.24) is 5.73 Å². The van der Waals surface area contributed by atoms with E-state index in [1.54, 1.807) is 0 Å². The minimum absolute atomic E-state index is 0.388. The zero-order valence-corrected chi connectivity index (χ0v) is 5.95. The fourth-order valence-corrected chi connectivity index (χ4v) is 0.808. The third-order valence-corrected chi connectivity index (χ3v) is 1.39. The maximum atomic E-state index is 9.86. The highest BCUT2D eigenvalue weighted by molar-refractivity contribution is 7.71. The van der Waals surface area contributed by atoms with Gasteiger partial charge >= 0.3 is 0 Å². The van der Waals surface area contributed by atoms with E-state index < -0.39 is 10.3 Å². The largest absolute Gasteiger partial charge is 0.258 e. The van der Waals surface area contributed by atoms with Crippen LogP contribution in [0.4, 0.5) is 0 Å². The van der Waals surface area contributed by atoms with E-state index in [0.717, 1.165) is 12.8 Å². The third-order valence-electron chi connectivity index (χ3n) is 0.885. The van der Waals surface area contributed by atoms with Crippen LogP contribution >= 0.6 is 0 Å². The molecule has 0 saturated carbocycles. The van der Waals surface area contributed by atoms with Crippen LogP contribution in [0.25, 0.3) is 0 Å². The molecule has 0 spiro atoms. The second kappa shape index (κ2) is 5.78. The molecule has 0 aromatic carbocycles. The summed E-state index contributed by atoms with van der Waals surface area (Å²) in [6.45, 7) is 0.388. The molecular formula is C5H10NO2S. The summed E-state index contributed by atoms with van der Waals surface area (Å²) in [5.74, 6) is 0. The lowest BCUT2D eigenvalue weighted by Crippen LogP contribution is -1.85. The third kappa shape index (κ3) is 7.65. The monoisotopic (exact) mass is 148 g/mol. The van der Waals surface area contributed by atoms with Gasteiger partial charge in [0.25, 0.3) is 0 Å². The second-order valence-corrected chi connectivity index (χ2v) is 2.53. The molecule has 1 N–H and O–H groups in total. The molecule has 4 heteroatoms. The molecule has 0 heterocycles. The van der Waals surface area contributed by atoms with Gasteiger partial charge in [-0.25, -0.2) is 0 Å². The lowest BCUT2D eigenvalue weighted by atomic mass is 10.3. The van der Waals surface area contributed by atoms with E-state index in [9.17, 15) is 8.42 Å². The Morgan fingerprint density at radius 2 is 2.00 bits per heavy atom. The normalized spacial score (nSPS) is 9.00. The van der Waals surface area contributed by atoms with Crippen LogP contribution in [0.1, 0.15) is 19.3 Å². The molecule has 0 fully saturated rings. The average Bonchev–Trinajstić information content (AvgIpc) is 1.80. The number of unbranched alkanes of at least 4 members (excludes halogenated alkanes) is 2. The molecule has 0 rings (SSSR count). The lowest BCUT2D eigenvalue weighted by molar-refractivity contribution is 0.627. The van der Waals surface area contributed by atoms with Crippen molar-refractivity contribution in [1.29, 1.82) is 0 Å². The molecule has 0 saturated heterocycles. The van der Waals surface area contributed by atoms with Gasteiger partial charge in [-0.15, -0.1) is 0 Å². The van der Waals surface area contributed by atoms with Gasteiger partial charge in [0, 0.05) is 11.9 Å². The van der Waals surface area contributed by atoms with Crippen LogP contribution in [0.2, 0.25) is 0 Å². The van der Waals surface area contributed by atoms with Crippen LogP contribution in [0, 0.1) is 0 Å². The summed E-state index contributed by atoms with van der Waals surface area (Å²) in [7, 11) is -2.01. The van der Waals surface area contributed by atoms with E-state index in [2.05, 4.69) is 0 Å². The smallest absolute Gasteiger partial charge is 0.209 e. The highest BCUT2D eigenvalue weighted by atomic mass is 32.2. The molecule has 0 bridgehead atoms. The summed E-state index contributed by atoms with van der Waals surface area (Å²) in [6, 6.07) is 0. The van der Waals surface area contributed by atoms with E-state index in [1.807, 2.05) is 0 Å². The Bertz CT molecular complexity index is 163. The van der Waals surface area contributed by atoms with Crippen molar-refractivity contribution in [3.8, 4) is 0 Å². The van der Waals surface area contributed by atoms with Gasteiger partial charge in [-0.1, -0.05) is 0 Å². The maximum Gasteiger partial charge on any atom is 0.209 e. The number of hydrogen-bond acceptors (Lipinski definition) is 2. The summed E-state index contributed by atoms with van der Waals surface area (Å²) in [5.41, 5.74) is 6.72. The Hall–Kier alpha value is -0.350. The Balaban J connectivity index is 3.20. The predicted octanol–water partition coefficient (Wildman–Crippen LogP) is 0.121. The van der Waals surface area contributed by atoms with Crippen molar-refractivity contribution in [2.24, 2.45) is 0 Å². The Morgan fingerprint density at radius 1 is 1.33 bits per heavy atom. The molecule has 0 amide bonds. The van der Waals surface area contributed by atoms with Crippen molar-refractivity contribution in [2.45, 2.75) is 19.3 Å². The van der Waals surface area contributed by atoms with Gasteiger partial charge in [0.2, 0.25) is 10.3 Å². The molecule has 1 radical (unpaired) electrons.